The molecule has 2 nitrogen and oxygen atoms in total. The first-order chi connectivity index (χ1) is 6.36. The Kier molecular flexibility index (Phi) is 2.51. The van der Waals surface area contributed by atoms with Crippen molar-refractivity contribution in [2.75, 3.05) is 0 Å². The van der Waals surface area contributed by atoms with Crippen molar-refractivity contribution in [2.45, 2.75) is 6.18 Å². The molecule has 1 rings (SSSR count). The fourth-order valence-electron chi connectivity index (χ4n) is 1.04. The molecule has 0 fully saturated rings. The summed E-state index contributed by atoms with van der Waals surface area (Å²) in [6.07, 6.45) is -2.57. The lowest BCUT2D eigenvalue weighted by Crippen LogP contribution is -2.21. The van der Waals surface area contributed by atoms with Gasteiger partial charge in [-0.2, -0.15) is 13.2 Å². The van der Waals surface area contributed by atoms with Gasteiger partial charge in [-0.15, -0.1) is 0 Å². The molecule has 1 aromatic heterocycles. The van der Waals surface area contributed by atoms with Crippen molar-refractivity contribution < 1.29 is 13.2 Å². The zero-order chi connectivity index (χ0) is 10.9. The molecule has 0 radical (unpaired) electrons. The van der Waals surface area contributed by atoms with Gasteiger partial charge in [0.25, 0.3) is 5.56 Å². The van der Waals surface area contributed by atoms with Crippen LogP contribution < -0.4 is 5.56 Å². The fraction of sp³-hybridized carbons (Fsp3) is 0.222. The Morgan fingerprint density at radius 2 is 2.07 bits per heavy atom. The summed E-state index contributed by atoms with van der Waals surface area (Å²) in [6, 6.07) is 0.787. The quantitative estimate of drug-likeness (QED) is 0.684. The summed E-state index contributed by atoms with van der Waals surface area (Å²) in [5.41, 5.74) is -1.40. The number of aryl methyl sites for hydroxylation is 1. The summed E-state index contributed by atoms with van der Waals surface area (Å²) in [7, 11) is 1.27. The Balaban J connectivity index is 3.45. The van der Waals surface area contributed by atoms with Crippen LogP contribution in [0, 0.1) is 0 Å². The molecule has 5 heteroatoms. The molecule has 0 atom stereocenters. The van der Waals surface area contributed by atoms with Crippen LogP contribution in [0.1, 0.15) is 11.1 Å². The zero-order valence-electron chi connectivity index (χ0n) is 7.43. The summed E-state index contributed by atoms with van der Waals surface area (Å²) >= 11 is 0. The minimum Gasteiger partial charge on any atom is -0.317 e. The van der Waals surface area contributed by atoms with Gasteiger partial charge in [-0.05, 0) is 6.07 Å². The van der Waals surface area contributed by atoms with E-state index in [-0.39, 0.29) is 5.56 Å². The van der Waals surface area contributed by atoms with Crippen LogP contribution in [0.15, 0.2) is 23.6 Å². The lowest BCUT2D eigenvalue weighted by Gasteiger charge is -2.09. The van der Waals surface area contributed by atoms with Gasteiger partial charge < -0.3 is 4.57 Å². The summed E-state index contributed by atoms with van der Waals surface area (Å²) in [4.78, 5) is 11.2. The third-order valence-electron chi connectivity index (χ3n) is 1.76. The molecule has 0 aromatic carbocycles. The molecule has 14 heavy (non-hydrogen) atoms. The molecule has 1 aromatic rings. The Hall–Kier alpha value is -1.52. The number of halogens is 3. The second-order valence-electron chi connectivity index (χ2n) is 2.80. The highest BCUT2D eigenvalue weighted by Gasteiger charge is 2.31. The molecule has 0 spiro atoms. The number of nitrogens with zero attached hydrogens (tertiary/aromatic N) is 1. The van der Waals surface area contributed by atoms with Gasteiger partial charge in [-0.1, -0.05) is 12.7 Å². The Labute approximate surface area is 78.3 Å². The fourth-order valence-corrected chi connectivity index (χ4v) is 1.04. The van der Waals surface area contributed by atoms with E-state index in [1.807, 2.05) is 0 Å². The highest BCUT2D eigenvalue weighted by Crippen LogP contribution is 2.28. The monoisotopic (exact) mass is 203 g/mol. The molecular formula is C9H8F3NO. The van der Waals surface area contributed by atoms with Crippen LogP contribution in [0.3, 0.4) is 0 Å². The molecule has 1 heterocycles. The smallest absolute Gasteiger partial charge is 0.317 e. The van der Waals surface area contributed by atoms with Gasteiger partial charge in [0.15, 0.2) is 0 Å². The average Bonchev–Trinajstić information content (AvgIpc) is 2.07. The minimum absolute atomic E-state index is 0.0534. The molecule has 0 bridgehead atoms. The molecule has 0 N–H and O–H groups in total. The van der Waals surface area contributed by atoms with E-state index in [4.69, 9.17) is 0 Å². The van der Waals surface area contributed by atoms with Crippen molar-refractivity contribution >= 4 is 6.08 Å². The highest BCUT2D eigenvalue weighted by atomic mass is 19.4. The molecule has 0 aliphatic carbocycles. The SMILES string of the molecule is C=Cc1cc(C(F)(F)F)cn(C)c1=O. The molecule has 0 saturated carbocycles. The van der Waals surface area contributed by atoms with E-state index in [9.17, 15) is 18.0 Å². The van der Waals surface area contributed by atoms with Crippen LogP contribution in [-0.4, -0.2) is 4.57 Å². The highest BCUT2D eigenvalue weighted by molar-refractivity contribution is 5.46. The van der Waals surface area contributed by atoms with Crippen molar-refractivity contribution in [1.82, 2.24) is 4.57 Å². The van der Waals surface area contributed by atoms with Crippen molar-refractivity contribution in [1.29, 1.82) is 0 Å². The van der Waals surface area contributed by atoms with Crippen molar-refractivity contribution in [3.8, 4) is 0 Å². The molecule has 0 aliphatic rings. The van der Waals surface area contributed by atoms with Crippen LogP contribution >= 0.6 is 0 Å². The second kappa shape index (κ2) is 3.32. The summed E-state index contributed by atoms with van der Waals surface area (Å²) < 4.78 is 37.7. The number of aromatic nitrogens is 1. The first-order valence-corrected chi connectivity index (χ1v) is 3.76. The van der Waals surface area contributed by atoms with Gasteiger partial charge >= 0.3 is 6.18 Å². The lowest BCUT2D eigenvalue weighted by atomic mass is 10.2. The van der Waals surface area contributed by atoms with E-state index in [1.165, 1.54) is 7.05 Å². The van der Waals surface area contributed by atoms with Crippen molar-refractivity contribution in [2.24, 2.45) is 7.05 Å². The predicted octanol–water partition coefficient (Wildman–Crippen LogP) is 2.05. The maximum absolute atomic E-state index is 12.3. The zero-order valence-corrected chi connectivity index (χ0v) is 7.43. The van der Waals surface area contributed by atoms with E-state index in [0.717, 1.165) is 22.9 Å². The number of alkyl halides is 3. The van der Waals surface area contributed by atoms with Gasteiger partial charge in [0.05, 0.1) is 5.56 Å². The van der Waals surface area contributed by atoms with E-state index in [0.29, 0.717) is 0 Å². The van der Waals surface area contributed by atoms with Gasteiger partial charge in [-0.3, -0.25) is 4.79 Å². The van der Waals surface area contributed by atoms with Crippen LogP contribution in [0.2, 0.25) is 0 Å². The number of hydrogen-bond donors (Lipinski definition) is 0. The van der Waals surface area contributed by atoms with E-state index < -0.39 is 17.3 Å². The Bertz CT molecular complexity index is 417. The van der Waals surface area contributed by atoms with E-state index >= 15 is 0 Å². The second-order valence-corrected chi connectivity index (χ2v) is 2.80. The molecule has 0 amide bonds. The van der Waals surface area contributed by atoms with Crippen molar-refractivity contribution in [3.05, 3.63) is 40.3 Å². The number of rotatable bonds is 1. The summed E-state index contributed by atoms with van der Waals surface area (Å²) in [5.74, 6) is 0. The maximum Gasteiger partial charge on any atom is 0.417 e. The third-order valence-corrected chi connectivity index (χ3v) is 1.76. The first-order valence-electron chi connectivity index (χ1n) is 3.76. The maximum atomic E-state index is 12.3. The van der Waals surface area contributed by atoms with Crippen LogP contribution in [0.25, 0.3) is 6.08 Å². The molecule has 0 saturated heterocycles. The normalized spacial score (nSPS) is 11.4. The Morgan fingerprint density at radius 1 is 1.50 bits per heavy atom. The largest absolute Gasteiger partial charge is 0.417 e. The van der Waals surface area contributed by atoms with Gasteiger partial charge in [0.2, 0.25) is 0 Å². The lowest BCUT2D eigenvalue weighted by molar-refractivity contribution is -0.138. The predicted molar refractivity (Wildman–Crippen MR) is 46.8 cm³/mol. The molecule has 0 unspecified atom stereocenters. The molecular weight excluding hydrogens is 195 g/mol. The summed E-state index contributed by atoms with van der Waals surface area (Å²) in [6.45, 7) is 3.28. The van der Waals surface area contributed by atoms with Gasteiger partial charge in [0, 0.05) is 18.8 Å². The van der Waals surface area contributed by atoms with Gasteiger partial charge in [-0.25, -0.2) is 0 Å². The van der Waals surface area contributed by atoms with E-state index in [1.54, 1.807) is 0 Å². The number of pyridine rings is 1. The first kappa shape index (κ1) is 10.6. The average molecular weight is 203 g/mol. The minimum atomic E-state index is -4.44. The van der Waals surface area contributed by atoms with Crippen molar-refractivity contribution in [3.63, 3.8) is 0 Å². The Morgan fingerprint density at radius 3 is 2.50 bits per heavy atom. The molecule has 0 aliphatic heterocycles. The van der Waals surface area contributed by atoms with Crippen LogP contribution in [0.4, 0.5) is 13.2 Å². The van der Waals surface area contributed by atoms with Gasteiger partial charge in [0.1, 0.15) is 0 Å². The topological polar surface area (TPSA) is 22.0 Å². The van der Waals surface area contributed by atoms with E-state index in [2.05, 4.69) is 6.58 Å². The summed E-state index contributed by atoms with van der Waals surface area (Å²) in [5, 5.41) is 0. The van der Waals surface area contributed by atoms with Crippen LogP contribution in [0.5, 0.6) is 0 Å². The molecule has 76 valence electrons. The standard InChI is InChI=1S/C9H8F3NO/c1-3-6-4-7(9(10,11)12)5-13(2)8(6)14/h3-5H,1H2,2H3. The third kappa shape index (κ3) is 1.86. The number of hydrogen-bond acceptors (Lipinski definition) is 1. The van der Waals surface area contributed by atoms with Crippen LogP contribution in [-0.2, 0) is 13.2 Å².